The highest BCUT2D eigenvalue weighted by Gasteiger charge is 2.20. The molecule has 4 heteroatoms. The van der Waals surface area contributed by atoms with Crippen LogP contribution in [0.5, 0.6) is 0 Å². The second-order valence-corrected chi connectivity index (χ2v) is 4.97. The van der Waals surface area contributed by atoms with E-state index in [0.29, 0.717) is 12.1 Å². The molecule has 3 rings (SSSR count). The minimum atomic E-state index is 0.402. The first-order chi connectivity index (χ1) is 8.27. The van der Waals surface area contributed by atoms with Crippen molar-refractivity contribution in [1.82, 2.24) is 19.9 Å². The van der Waals surface area contributed by atoms with Crippen LogP contribution < -0.4 is 5.32 Å². The first kappa shape index (κ1) is 10.7. The van der Waals surface area contributed by atoms with Crippen LogP contribution in [0.25, 0.3) is 11.2 Å². The number of nitrogens with zero attached hydrogens (tertiary/aromatic N) is 3. The Morgan fingerprint density at radius 3 is 3.00 bits per heavy atom. The molecule has 4 nitrogen and oxygen atoms in total. The van der Waals surface area contributed by atoms with Gasteiger partial charge in [0.25, 0.3) is 0 Å². The third-order valence-electron chi connectivity index (χ3n) is 3.48. The van der Waals surface area contributed by atoms with Gasteiger partial charge in [0.2, 0.25) is 0 Å². The van der Waals surface area contributed by atoms with Gasteiger partial charge < -0.3 is 9.88 Å². The van der Waals surface area contributed by atoms with Gasteiger partial charge in [-0.1, -0.05) is 0 Å². The Kier molecular flexibility index (Phi) is 2.59. The maximum absolute atomic E-state index is 4.54. The lowest BCUT2D eigenvalue weighted by Crippen LogP contribution is -2.13. The Bertz CT molecular complexity index is 523. The average Bonchev–Trinajstić information content (AvgIpc) is 2.97. The number of hydrogen-bond acceptors (Lipinski definition) is 3. The third-order valence-corrected chi connectivity index (χ3v) is 3.48. The molecular formula is C13H18N4. The second-order valence-electron chi connectivity index (χ2n) is 4.97. The highest BCUT2D eigenvalue weighted by molar-refractivity contribution is 5.75. The van der Waals surface area contributed by atoms with Gasteiger partial charge in [-0.25, -0.2) is 9.97 Å². The quantitative estimate of drug-likeness (QED) is 0.861. The van der Waals surface area contributed by atoms with E-state index in [0.717, 1.165) is 17.7 Å². The molecule has 2 aromatic heterocycles. The van der Waals surface area contributed by atoms with E-state index in [1.807, 2.05) is 12.5 Å². The summed E-state index contributed by atoms with van der Waals surface area (Å²) in [5.74, 6) is 0. The Balaban J connectivity index is 2.13. The summed E-state index contributed by atoms with van der Waals surface area (Å²) in [4.78, 5) is 9.01. The molecule has 0 spiro atoms. The van der Waals surface area contributed by atoms with E-state index < -0.39 is 0 Å². The van der Waals surface area contributed by atoms with Crippen LogP contribution in [0.1, 0.15) is 44.3 Å². The van der Waals surface area contributed by atoms with Crippen LogP contribution in [0.2, 0.25) is 0 Å². The van der Waals surface area contributed by atoms with Gasteiger partial charge in [0, 0.05) is 23.8 Å². The van der Waals surface area contributed by atoms with Gasteiger partial charge in [0.15, 0.2) is 5.65 Å². The molecule has 1 atom stereocenters. The first-order valence-electron chi connectivity index (χ1n) is 6.32. The van der Waals surface area contributed by atoms with Gasteiger partial charge >= 0.3 is 0 Å². The topological polar surface area (TPSA) is 42.7 Å². The molecule has 0 amide bonds. The smallest absolute Gasteiger partial charge is 0.160 e. The van der Waals surface area contributed by atoms with Crippen LogP contribution in [-0.4, -0.2) is 21.1 Å². The van der Waals surface area contributed by atoms with E-state index in [9.17, 15) is 0 Å². The fourth-order valence-corrected chi connectivity index (χ4v) is 2.56. The molecule has 3 heterocycles. The lowest BCUT2D eigenvalue weighted by molar-refractivity contribution is 0.612. The summed E-state index contributed by atoms with van der Waals surface area (Å²) in [5.41, 5.74) is 3.36. The zero-order chi connectivity index (χ0) is 11.8. The highest BCUT2D eigenvalue weighted by atomic mass is 15.1. The Hall–Kier alpha value is -1.42. The summed E-state index contributed by atoms with van der Waals surface area (Å²) < 4.78 is 2.13. The highest BCUT2D eigenvalue weighted by Crippen LogP contribution is 2.28. The average molecular weight is 230 g/mol. The predicted octanol–water partition coefficient (Wildman–Crippen LogP) is 2.44. The van der Waals surface area contributed by atoms with Crippen molar-refractivity contribution in [2.24, 2.45) is 0 Å². The van der Waals surface area contributed by atoms with Crippen LogP contribution >= 0.6 is 0 Å². The SMILES string of the molecule is CC(C)n1cnc2c(C3CCCN3)ccnc21. The van der Waals surface area contributed by atoms with Crippen molar-refractivity contribution in [2.75, 3.05) is 6.54 Å². The summed E-state index contributed by atoms with van der Waals surface area (Å²) in [7, 11) is 0. The molecule has 17 heavy (non-hydrogen) atoms. The molecule has 1 saturated heterocycles. The molecule has 1 fully saturated rings. The summed E-state index contributed by atoms with van der Waals surface area (Å²) in [6.07, 6.45) is 6.26. The fourth-order valence-electron chi connectivity index (χ4n) is 2.56. The largest absolute Gasteiger partial charge is 0.313 e. The molecule has 0 aromatic carbocycles. The number of pyridine rings is 1. The molecule has 0 bridgehead atoms. The lowest BCUT2D eigenvalue weighted by atomic mass is 10.1. The van der Waals surface area contributed by atoms with Crippen molar-refractivity contribution in [3.05, 3.63) is 24.2 Å². The summed E-state index contributed by atoms with van der Waals surface area (Å²) in [5, 5.41) is 3.53. The van der Waals surface area contributed by atoms with Crippen LogP contribution in [-0.2, 0) is 0 Å². The third kappa shape index (κ3) is 1.72. The molecule has 0 aliphatic carbocycles. The Morgan fingerprint density at radius 2 is 2.29 bits per heavy atom. The van der Waals surface area contributed by atoms with Crippen molar-refractivity contribution in [1.29, 1.82) is 0 Å². The van der Waals surface area contributed by atoms with Crippen molar-refractivity contribution in [3.8, 4) is 0 Å². The van der Waals surface area contributed by atoms with E-state index in [1.54, 1.807) is 0 Å². The first-order valence-corrected chi connectivity index (χ1v) is 6.32. The number of imidazole rings is 1. The predicted molar refractivity (Wildman–Crippen MR) is 67.9 cm³/mol. The van der Waals surface area contributed by atoms with Gasteiger partial charge in [-0.15, -0.1) is 0 Å². The molecule has 90 valence electrons. The Morgan fingerprint density at radius 1 is 1.41 bits per heavy atom. The van der Waals surface area contributed by atoms with Gasteiger partial charge in [-0.05, 0) is 39.3 Å². The number of fused-ring (bicyclic) bond motifs is 1. The molecule has 1 unspecified atom stereocenters. The van der Waals surface area contributed by atoms with Gasteiger partial charge in [0.05, 0.1) is 6.33 Å². The number of aromatic nitrogens is 3. The van der Waals surface area contributed by atoms with E-state index >= 15 is 0 Å². The number of rotatable bonds is 2. The van der Waals surface area contributed by atoms with E-state index in [1.165, 1.54) is 18.4 Å². The second kappa shape index (κ2) is 4.11. The maximum Gasteiger partial charge on any atom is 0.160 e. The number of nitrogens with one attached hydrogen (secondary N) is 1. The number of hydrogen-bond donors (Lipinski definition) is 1. The van der Waals surface area contributed by atoms with Gasteiger partial charge in [-0.3, -0.25) is 0 Å². The molecule has 0 saturated carbocycles. The molecule has 2 aromatic rings. The van der Waals surface area contributed by atoms with Crippen molar-refractivity contribution in [3.63, 3.8) is 0 Å². The van der Waals surface area contributed by atoms with E-state index in [-0.39, 0.29) is 0 Å². The normalized spacial score (nSPS) is 20.5. The minimum Gasteiger partial charge on any atom is -0.313 e. The van der Waals surface area contributed by atoms with Crippen LogP contribution in [0.3, 0.4) is 0 Å². The summed E-state index contributed by atoms with van der Waals surface area (Å²) in [6, 6.07) is 2.96. The van der Waals surface area contributed by atoms with Gasteiger partial charge in [0.1, 0.15) is 5.52 Å². The van der Waals surface area contributed by atoms with Crippen molar-refractivity contribution < 1.29 is 0 Å². The summed E-state index contributed by atoms with van der Waals surface area (Å²) in [6.45, 7) is 5.42. The zero-order valence-corrected chi connectivity index (χ0v) is 10.3. The standard InChI is InChI=1S/C13H18N4/c1-9(2)17-8-16-12-10(5-7-15-13(12)17)11-4-3-6-14-11/h5,7-9,11,14H,3-4,6H2,1-2H3. The fraction of sp³-hybridized carbons (Fsp3) is 0.538. The van der Waals surface area contributed by atoms with Crippen molar-refractivity contribution >= 4 is 11.2 Å². The van der Waals surface area contributed by atoms with Gasteiger partial charge in [-0.2, -0.15) is 0 Å². The van der Waals surface area contributed by atoms with Crippen molar-refractivity contribution in [2.45, 2.75) is 38.8 Å². The van der Waals surface area contributed by atoms with Crippen LogP contribution in [0.4, 0.5) is 0 Å². The Labute approximate surface area is 101 Å². The minimum absolute atomic E-state index is 0.402. The van der Waals surface area contributed by atoms with E-state index in [4.69, 9.17) is 0 Å². The monoisotopic (exact) mass is 230 g/mol. The zero-order valence-electron chi connectivity index (χ0n) is 10.3. The molecule has 1 N–H and O–H groups in total. The van der Waals surface area contributed by atoms with Crippen LogP contribution in [0, 0.1) is 0 Å². The molecular weight excluding hydrogens is 212 g/mol. The molecule has 0 radical (unpaired) electrons. The molecule has 1 aliphatic heterocycles. The maximum atomic E-state index is 4.54. The van der Waals surface area contributed by atoms with Crippen LogP contribution in [0.15, 0.2) is 18.6 Å². The van der Waals surface area contributed by atoms with E-state index in [2.05, 4.69) is 39.8 Å². The summed E-state index contributed by atoms with van der Waals surface area (Å²) >= 11 is 0. The lowest BCUT2D eigenvalue weighted by Gasteiger charge is -2.12. The molecule has 1 aliphatic rings.